The van der Waals surface area contributed by atoms with Crippen LogP contribution in [0.1, 0.15) is 29.7 Å². The second-order valence-corrected chi connectivity index (χ2v) is 6.84. The molecule has 0 saturated carbocycles. The van der Waals surface area contributed by atoms with Crippen molar-refractivity contribution < 1.29 is 13.9 Å². The van der Waals surface area contributed by atoms with Gasteiger partial charge in [-0.2, -0.15) is 0 Å². The van der Waals surface area contributed by atoms with Crippen molar-refractivity contribution >= 4 is 22.6 Å². The molecular weight excluding hydrogens is 355 g/mol. The molecule has 4 aromatic rings. The van der Waals surface area contributed by atoms with Crippen molar-refractivity contribution in [3.63, 3.8) is 0 Å². The maximum atomic E-state index is 14.5. The molecule has 0 aliphatic carbocycles. The van der Waals surface area contributed by atoms with Crippen LogP contribution in [0.5, 0.6) is 0 Å². The molecule has 0 radical (unpaired) electrons. The number of benzene rings is 2. The van der Waals surface area contributed by atoms with Crippen LogP contribution in [-0.4, -0.2) is 14.7 Å². The molecule has 5 rings (SSSR count). The van der Waals surface area contributed by atoms with Crippen molar-refractivity contribution in [2.45, 2.75) is 18.6 Å². The quantitative estimate of drug-likeness (QED) is 0.546. The molecule has 2 aromatic heterocycles. The number of fused-ring (bicyclic) bond motifs is 4. The fraction of sp³-hybridized carbons (Fsp3) is 0.150. The Morgan fingerprint density at radius 3 is 3.00 bits per heavy atom. The number of rotatable bonds is 3. The van der Waals surface area contributed by atoms with E-state index in [4.69, 9.17) is 16.0 Å². The molecular formula is C20H14ClFN2O2. The van der Waals surface area contributed by atoms with Gasteiger partial charge in [0.15, 0.2) is 5.15 Å². The van der Waals surface area contributed by atoms with Crippen molar-refractivity contribution in [3.8, 4) is 11.3 Å². The number of aliphatic hydroxyl groups is 1. The maximum absolute atomic E-state index is 14.5. The number of aromatic nitrogens is 2. The molecule has 6 heteroatoms. The number of aliphatic hydroxyl groups excluding tert-OH is 1. The first-order chi connectivity index (χ1) is 12.6. The standard InChI is InChI=1S/C20H14ClFN2O2/c21-20-19-13-4-2-1-3-12(13)16(24(19)10-23-20)9-17(25)14-7-11-5-6-26-18(11)8-15(14)22/h1-8,10,16-17,25H,9H2. The highest BCUT2D eigenvalue weighted by molar-refractivity contribution is 6.32. The van der Waals surface area contributed by atoms with Gasteiger partial charge >= 0.3 is 0 Å². The van der Waals surface area contributed by atoms with Crippen LogP contribution < -0.4 is 0 Å². The molecule has 130 valence electrons. The number of hydrogen-bond acceptors (Lipinski definition) is 3. The van der Waals surface area contributed by atoms with E-state index in [1.807, 2.05) is 28.8 Å². The summed E-state index contributed by atoms with van der Waals surface area (Å²) in [4.78, 5) is 4.18. The number of imidazole rings is 1. The first-order valence-electron chi connectivity index (χ1n) is 8.30. The van der Waals surface area contributed by atoms with Gasteiger partial charge < -0.3 is 14.1 Å². The van der Waals surface area contributed by atoms with Gasteiger partial charge in [-0.1, -0.05) is 35.9 Å². The van der Waals surface area contributed by atoms with Gasteiger partial charge in [0.25, 0.3) is 0 Å². The van der Waals surface area contributed by atoms with E-state index in [1.54, 1.807) is 18.5 Å². The third-order valence-corrected chi connectivity index (χ3v) is 5.31. The fourth-order valence-electron chi connectivity index (χ4n) is 3.81. The highest BCUT2D eigenvalue weighted by Crippen LogP contribution is 2.46. The van der Waals surface area contributed by atoms with E-state index < -0.39 is 11.9 Å². The molecule has 1 N–H and O–H groups in total. The van der Waals surface area contributed by atoms with E-state index in [-0.39, 0.29) is 11.6 Å². The summed E-state index contributed by atoms with van der Waals surface area (Å²) in [5, 5.41) is 12.0. The maximum Gasteiger partial charge on any atom is 0.155 e. The summed E-state index contributed by atoms with van der Waals surface area (Å²) in [6.45, 7) is 0. The molecule has 26 heavy (non-hydrogen) atoms. The van der Waals surface area contributed by atoms with Crippen LogP contribution in [0.25, 0.3) is 22.2 Å². The summed E-state index contributed by atoms with van der Waals surface area (Å²) in [5.74, 6) is -0.477. The predicted octanol–water partition coefficient (Wildman–Crippen LogP) is 5.12. The number of nitrogens with zero attached hydrogens (tertiary/aromatic N) is 2. The molecule has 0 saturated heterocycles. The monoisotopic (exact) mass is 368 g/mol. The molecule has 0 bridgehead atoms. The molecule has 4 nitrogen and oxygen atoms in total. The summed E-state index contributed by atoms with van der Waals surface area (Å²) < 4.78 is 21.6. The van der Waals surface area contributed by atoms with Gasteiger partial charge in [-0.15, -0.1) is 0 Å². The van der Waals surface area contributed by atoms with E-state index in [0.29, 0.717) is 17.2 Å². The smallest absolute Gasteiger partial charge is 0.155 e. The Balaban J connectivity index is 1.55. The van der Waals surface area contributed by atoms with E-state index >= 15 is 0 Å². The molecule has 0 amide bonds. The Bertz CT molecular complexity index is 1130. The largest absolute Gasteiger partial charge is 0.464 e. The van der Waals surface area contributed by atoms with E-state index in [1.165, 1.54) is 12.3 Å². The van der Waals surface area contributed by atoms with E-state index in [0.717, 1.165) is 22.2 Å². The van der Waals surface area contributed by atoms with Gasteiger partial charge in [0.2, 0.25) is 0 Å². The second-order valence-electron chi connectivity index (χ2n) is 6.48. The van der Waals surface area contributed by atoms with Crippen molar-refractivity contribution in [3.05, 3.63) is 77.2 Å². The zero-order valence-electron chi connectivity index (χ0n) is 13.6. The lowest BCUT2D eigenvalue weighted by molar-refractivity contribution is 0.149. The van der Waals surface area contributed by atoms with Crippen molar-refractivity contribution in [2.75, 3.05) is 0 Å². The normalized spacial score (nSPS) is 16.7. The van der Waals surface area contributed by atoms with E-state index in [9.17, 15) is 9.50 Å². The van der Waals surface area contributed by atoms with Gasteiger partial charge in [0.1, 0.15) is 11.4 Å². The van der Waals surface area contributed by atoms with Crippen LogP contribution >= 0.6 is 11.6 Å². The molecule has 0 spiro atoms. The Kier molecular flexibility index (Phi) is 3.42. The average molecular weight is 369 g/mol. The predicted molar refractivity (Wildman–Crippen MR) is 96.6 cm³/mol. The van der Waals surface area contributed by atoms with Gasteiger partial charge in [-0.05, 0) is 17.7 Å². The lowest BCUT2D eigenvalue weighted by Crippen LogP contribution is -2.11. The molecule has 2 atom stereocenters. The summed E-state index contributed by atoms with van der Waals surface area (Å²) in [6.07, 6.45) is 2.52. The first kappa shape index (κ1) is 15.6. The van der Waals surface area contributed by atoms with Gasteiger partial charge in [0, 0.05) is 29.0 Å². The SMILES string of the molecule is OC(CC1c2ccccc2-c2c(Cl)ncn21)c1cc2ccoc2cc1F. The molecule has 1 aliphatic heterocycles. The number of halogens is 2. The Morgan fingerprint density at radius 2 is 2.12 bits per heavy atom. The van der Waals surface area contributed by atoms with Crippen LogP contribution in [0.3, 0.4) is 0 Å². The second kappa shape index (κ2) is 5.69. The summed E-state index contributed by atoms with van der Waals surface area (Å²) in [6, 6.07) is 12.4. The van der Waals surface area contributed by atoms with Crippen LogP contribution in [0.2, 0.25) is 5.15 Å². The molecule has 2 unspecified atom stereocenters. The molecule has 0 fully saturated rings. The molecule has 1 aliphatic rings. The number of hydrogen-bond donors (Lipinski definition) is 1. The highest BCUT2D eigenvalue weighted by Gasteiger charge is 2.32. The van der Waals surface area contributed by atoms with Gasteiger partial charge in [-0.25, -0.2) is 9.37 Å². The summed E-state index contributed by atoms with van der Waals surface area (Å²) in [7, 11) is 0. The third-order valence-electron chi connectivity index (χ3n) is 5.04. The third kappa shape index (κ3) is 2.21. The van der Waals surface area contributed by atoms with Crippen LogP contribution in [0, 0.1) is 5.82 Å². The Morgan fingerprint density at radius 1 is 1.27 bits per heavy atom. The van der Waals surface area contributed by atoms with E-state index in [2.05, 4.69) is 4.98 Å². The first-order valence-corrected chi connectivity index (χ1v) is 8.67. The van der Waals surface area contributed by atoms with Gasteiger partial charge in [0.05, 0.1) is 30.4 Å². The minimum atomic E-state index is -0.973. The molecule has 2 aromatic carbocycles. The lowest BCUT2D eigenvalue weighted by atomic mass is 9.95. The Labute approximate surface area is 153 Å². The minimum Gasteiger partial charge on any atom is -0.464 e. The van der Waals surface area contributed by atoms with Crippen LogP contribution in [0.4, 0.5) is 4.39 Å². The zero-order valence-corrected chi connectivity index (χ0v) is 14.3. The highest BCUT2D eigenvalue weighted by atomic mass is 35.5. The van der Waals surface area contributed by atoms with Crippen molar-refractivity contribution in [2.24, 2.45) is 0 Å². The summed E-state index contributed by atoms with van der Waals surface area (Å²) >= 11 is 6.25. The average Bonchev–Trinajstić information content (AvgIpc) is 3.31. The van der Waals surface area contributed by atoms with Crippen molar-refractivity contribution in [1.29, 1.82) is 0 Å². The van der Waals surface area contributed by atoms with Crippen LogP contribution in [0.15, 0.2) is 59.5 Å². The minimum absolute atomic E-state index is 0.157. The zero-order chi connectivity index (χ0) is 17.8. The van der Waals surface area contributed by atoms with Crippen molar-refractivity contribution in [1.82, 2.24) is 9.55 Å². The molecule has 3 heterocycles. The Hall–Kier alpha value is -2.63. The topological polar surface area (TPSA) is 51.2 Å². The van der Waals surface area contributed by atoms with Gasteiger partial charge in [-0.3, -0.25) is 0 Å². The fourth-order valence-corrected chi connectivity index (χ4v) is 4.06. The van der Waals surface area contributed by atoms with Crippen LogP contribution in [-0.2, 0) is 0 Å². The lowest BCUT2D eigenvalue weighted by Gasteiger charge is -2.19. The summed E-state index contributed by atoms with van der Waals surface area (Å²) in [5.41, 5.74) is 3.61. The number of furan rings is 1.